The first-order valence-electron chi connectivity index (χ1n) is 6.38. The highest BCUT2D eigenvalue weighted by Gasteiger charge is 2.29. The van der Waals surface area contributed by atoms with E-state index in [-0.39, 0.29) is 22.2 Å². The van der Waals surface area contributed by atoms with E-state index in [1.54, 1.807) is 0 Å². The molecule has 0 atom stereocenters. The number of carbonyl (C=O) groups is 1. The third-order valence-corrected chi connectivity index (χ3v) is 2.92. The molecule has 3 heteroatoms. The molecular formula is C14H30N2O. The minimum Gasteiger partial charge on any atom is -0.355 e. The summed E-state index contributed by atoms with van der Waals surface area (Å²) in [6, 6.07) is 0. The van der Waals surface area contributed by atoms with Crippen LogP contribution in [-0.2, 0) is 4.79 Å². The quantitative estimate of drug-likeness (QED) is 0.778. The van der Waals surface area contributed by atoms with Crippen LogP contribution in [0.5, 0.6) is 0 Å². The number of nitrogens with one attached hydrogen (secondary N) is 1. The Kier molecular flexibility index (Phi) is 5.20. The minimum absolute atomic E-state index is 0.0732. The van der Waals surface area contributed by atoms with Gasteiger partial charge < -0.3 is 11.1 Å². The van der Waals surface area contributed by atoms with Gasteiger partial charge in [0.15, 0.2) is 0 Å². The average Bonchev–Trinajstić information content (AvgIpc) is 2.11. The number of rotatable bonds is 5. The normalized spacial score (nSPS) is 13.6. The van der Waals surface area contributed by atoms with Gasteiger partial charge in [-0.05, 0) is 23.8 Å². The molecule has 0 aliphatic rings. The highest BCUT2D eigenvalue weighted by Crippen LogP contribution is 2.32. The van der Waals surface area contributed by atoms with E-state index >= 15 is 0 Å². The number of carbonyl (C=O) groups excluding carboxylic acids is 1. The highest BCUT2D eigenvalue weighted by atomic mass is 16.2. The van der Waals surface area contributed by atoms with Crippen molar-refractivity contribution in [3.63, 3.8) is 0 Å². The summed E-state index contributed by atoms with van der Waals surface area (Å²) in [5.74, 6) is 0.108. The zero-order valence-electron chi connectivity index (χ0n) is 12.6. The molecule has 0 aliphatic carbocycles. The Hall–Kier alpha value is -0.570. The van der Waals surface area contributed by atoms with E-state index in [1.165, 1.54) is 0 Å². The highest BCUT2D eigenvalue weighted by molar-refractivity contribution is 5.81. The van der Waals surface area contributed by atoms with Crippen molar-refractivity contribution in [1.82, 2.24) is 5.32 Å². The van der Waals surface area contributed by atoms with Gasteiger partial charge in [-0.3, -0.25) is 4.79 Å². The van der Waals surface area contributed by atoms with Gasteiger partial charge in [0.1, 0.15) is 0 Å². The van der Waals surface area contributed by atoms with Gasteiger partial charge >= 0.3 is 0 Å². The molecule has 0 aromatic rings. The molecule has 0 saturated heterocycles. The van der Waals surface area contributed by atoms with Crippen molar-refractivity contribution in [1.29, 1.82) is 0 Å². The zero-order chi connectivity index (χ0) is 13.9. The van der Waals surface area contributed by atoms with Crippen LogP contribution >= 0.6 is 0 Å². The van der Waals surface area contributed by atoms with Gasteiger partial charge in [0.05, 0.1) is 0 Å². The third-order valence-electron chi connectivity index (χ3n) is 2.92. The zero-order valence-corrected chi connectivity index (χ0v) is 12.6. The van der Waals surface area contributed by atoms with Crippen LogP contribution in [0.1, 0.15) is 54.9 Å². The lowest BCUT2D eigenvalue weighted by molar-refractivity contribution is -0.129. The lowest BCUT2D eigenvalue weighted by Gasteiger charge is -2.35. The van der Waals surface area contributed by atoms with E-state index in [1.807, 2.05) is 20.8 Å². The molecule has 0 spiro atoms. The molecule has 0 radical (unpaired) electrons. The van der Waals surface area contributed by atoms with Gasteiger partial charge in [-0.1, -0.05) is 48.5 Å². The number of hydrogen-bond acceptors (Lipinski definition) is 2. The molecule has 3 nitrogen and oxygen atoms in total. The monoisotopic (exact) mass is 242 g/mol. The van der Waals surface area contributed by atoms with Crippen molar-refractivity contribution in [2.75, 3.05) is 13.1 Å². The van der Waals surface area contributed by atoms with E-state index in [2.05, 4.69) is 33.0 Å². The maximum absolute atomic E-state index is 11.8. The lowest BCUT2D eigenvalue weighted by atomic mass is 9.75. The van der Waals surface area contributed by atoms with E-state index in [9.17, 15) is 4.79 Å². The van der Waals surface area contributed by atoms with Gasteiger partial charge in [0, 0.05) is 12.0 Å². The van der Waals surface area contributed by atoms with Crippen LogP contribution in [0, 0.1) is 16.2 Å². The Morgan fingerprint density at radius 1 is 1.00 bits per heavy atom. The fraction of sp³-hybridized carbons (Fsp3) is 0.929. The van der Waals surface area contributed by atoms with Gasteiger partial charge in [-0.15, -0.1) is 0 Å². The van der Waals surface area contributed by atoms with Gasteiger partial charge in [-0.25, -0.2) is 0 Å². The van der Waals surface area contributed by atoms with Gasteiger partial charge in [-0.2, -0.15) is 0 Å². The van der Waals surface area contributed by atoms with Crippen LogP contribution in [-0.4, -0.2) is 19.0 Å². The minimum atomic E-state index is -0.320. The average molecular weight is 242 g/mol. The summed E-state index contributed by atoms with van der Waals surface area (Å²) < 4.78 is 0. The van der Waals surface area contributed by atoms with Crippen molar-refractivity contribution in [3.05, 3.63) is 0 Å². The van der Waals surface area contributed by atoms with Crippen molar-refractivity contribution < 1.29 is 4.79 Å². The van der Waals surface area contributed by atoms with Crippen LogP contribution in [0.25, 0.3) is 0 Å². The van der Waals surface area contributed by atoms with Crippen molar-refractivity contribution in [3.8, 4) is 0 Å². The van der Waals surface area contributed by atoms with Crippen LogP contribution < -0.4 is 11.1 Å². The first-order valence-corrected chi connectivity index (χ1v) is 6.38. The largest absolute Gasteiger partial charge is 0.355 e. The van der Waals surface area contributed by atoms with Crippen LogP contribution in [0.15, 0.2) is 0 Å². The summed E-state index contributed by atoms with van der Waals surface area (Å²) in [6.07, 6.45) is 1.00. The predicted octanol–water partition coefficient (Wildman–Crippen LogP) is 2.55. The van der Waals surface area contributed by atoms with Gasteiger partial charge in [0.25, 0.3) is 0 Å². The number of hydrogen-bond donors (Lipinski definition) is 2. The molecular weight excluding hydrogens is 212 g/mol. The summed E-state index contributed by atoms with van der Waals surface area (Å²) >= 11 is 0. The maximum atomic E-state index is 11.8. The fourth-order valence-corrected chi connectivity index (χ4v) is 2.01. The van der Waals surface area contributed by atoms with Crippen molar-refractivity contribution >= 4 is 5.91 Å². The van der Waals surface area contributed by atoms with E-state index < -0.39 is 0 Å². The van der Waals surface area contributed by atoms with Crippen molar-refractivity contribution in [2.24, 2.45) is 22.0 Å². The molecule has 0 rings (SSSR count). The van der Waals surface area contributed by atoms with E-state index in [4.69, 9.17) is 5.73 Å². The second-order valence-electron chi connectivity index (χ2n) is 7.64. The van der Waals surface area contributed by atoms with Crippen LogP contribution in [0.4, 0.5) is 0 Å². The summed E-state index contributed by atoms with van der Waals surface area (Å²) in [5.41, 5.74) is 5.63. The number of amides is 1. The molecule has 0 aromatic heterocycles. The predicted molar refractivity (Wildman–Crippen MR) is 73.7 cm³/mol. The molecule has 17 heavy (non-hydrogen) atoms. The molecule has 3 N–H and O–H groups in total. The Balaban J connectivity index is 4.33. The second-order valence-corrected chi connectivity index (χ2v) is 7.64. The summed E-state index contributed by atoms with van der Waals surface area (Å²) in [6.45, 7) is 15.8. The first kappa shape index (κ1) is 16.4. The third kappa shape index (κ3) is 6.67. The molecule has 0 saturated carbocycles. The molecule has 1 amide bonds. The first-order chi connectivity index (χ1) is 7.40. The summed E-state index contributed by atoms with van der Waals surface area (Å²) in [7, 11) is 0. The molecule has 102 valence electrons. The molecule has 0 aromatic carbocycles. The smallest absolute Gasteiger partial charge is 0.225 e. The SMILES string of the molecule is CC(C)(CN)CC(C)(C)CNC(=O)C(C)(C)C. The summed E-state index contributed by atoms with van der Waals surface area (Å²) in [4.78, 5) is 11.8. The Bertz CT molecular complexity index is 262. The van der Waals surface area contributed by atoms with Crippen LogP contribution in [0.2, 0.25) is 0 Å². The maximum Gasteiger partial charge on any atom is 0.225 e. The molecule has 0 bridgehead atoms. The van der Waals surface area contributed by atoms with E-state index in [0.29, 0.717) is 13.1 Å². The Morgan fingerprint density at radius 2 is 1.47 bits per heavy atom. The Labute approximate surface area is 107 Å². The lowest BCUT2D eigenvalue weighted by Crippen LogP contribution is -2.42. The van der Waals surface area contributed by atoms with Gasteiger partial charge in [0.2, 0.25) is 5.91 Å². The number of nitrogens with two attached hydrogens (primary N) is 1. The Morgan fingerprint density at radius 3 is 1.82 bits per heavy atom. The molecule has 0 fully saturated rings. The van der Waals surface area contributed by atoms with Crippen molar-refractivity contribution in [2.45, 2.75) is 54.9 Å². The molecule has 0 unspecified atom stereocenters. The second kappa shape index (κ2) is 5.38. The fourth-order valence-electron chi connectivity index (χ4n) is 2.01. The standard InChI is InChI=1S/C14H30N2O/c1-12(2,3)11(17)16-10-14(6,7)8-13(4,5)9-15/h8-10,15H2,1-7H3,(H,16,17). The topological polar surface area (TPSA) is 55.1 Å². The van der Waals surface area contributed by atoms with Crippen LogP contribution in [0.3, 0.4) is 0 Å². The van der Waals surface area contributed by atoms with E-state index in [0.717, 1.165) is 6.42 Å². The molecule has 0 aliphatic heterocycles. The molecule has 0 heterocycles. The summed E-state index contributed by atoms with van der Waals surface area (Å²) in [5, 5.41) is 3.03.